The standard InChI is InChI=1S/C18H36N2/c1-5-15-8-9-17(19-4)18(13-15)20-11-6-7-16(10-12-20)14(2)3/h14-19H,5-13H2,1-4H3. The van der Waals surface area contributed by atoms with E-state index in [-0.39, 0.29) is 0 Å². The largest absolute Gasteiger partial charge is 0.315 e. The second kappa shape index (κ2) is 7.79. The van der Waals surface area contributed by atoms with E-state index in [9.17, 15) is 0 Å². The maximum Gasteiger partial charge on any atom is 0.0251 e. The van der Waals surface area contributed by atoms with Crippen LogP contribution >= 0.6 is 0 Å². The lowest BCUT2D eigenvalue weighted by Crippen LogP contribution is -2.52. The third-order valence-electron chi connectivity index (χ3n) is 6.09. The summed E-state index contributed by atoms with van der Waals surface area (Å²) in [5.41, 5.74) is 0. The molecule has 118 valence electrons. The van der Waals surface area contributed by atoms with E-state index in [0.717, 1.165) is 29.8 Å². The third kappa shape index (κ3) is 3.98. The Balaban J connectivity index is 1.96. The van der Waals surface area contributed by atoms with Crippen molar-refractivity contribution in [2.75, 3.05) is 20.1 Å². The van der Waals surface area contributed by atoms with E-state index in [2.05, 4.69) is 38.0 Å². The van der Waals surface area contributed by atoms with Crippen LogP contribution in [0.4, 0.5) is 0 Å². The monoisotopic (exact) mass is 280 g/mol. The van der Waals surface area contributed by atoms with Crippen molar-refractivity contribution >= 4 is 0 Å². The molecule has 0 spiro atoms. The van der Waals surface area contributed by atoms with Crippen molar-refractivity contribution in [3.05, 3.63) is 0 Å². The Kier molecular flexibility index (Phi) is 6.35. The predicted octanol–water partition coefficient (Wildman–Crippen LogP) is 3.91. The summed E-state index contributed by atoms with van der Waals surface area (Å²) < 4.78 is 0. The van der Waals surface area contributed by atoms with Crippen LogP contribution in [0.25, 0.3) is 0 Å². The van der Waals surface area contributed by atoms with Crippen molar-refractivity contribution in [3.8, 4) is 0 Å². The van der Waals surface area contributed by atoms with Crippen molar-refractivity contribution in [1.29, 1.82) is 0 Å². The van der Waals surface area contributed by atoms with E-state index in [1.54, 1.807) is 0 Å². The van der Waals surface area contributed by atoms with Crippen LogP contribution in [0.1, 0.15) is 65.7 Å². The highest BCUT2D eigenvalue weighted by atomic mass is 15.2. The number of likely N-dealkylation sites (N-methyl/N-ethyl adjacent to an activating group) is 1. The molecule has 2 nitrogen and oxygen atoms in total. The third-order valence-corrected chi connectivity index (χ3v) is 6.09. The normalized spacial score (nSPS) is 37.0. The first kappa shape index (κ1) is 16.3. The molecule has 0 aromatic carbocycles. The molecule has 2 heteroatoms. The Labute approximate surface area is 126 Å². The van der Waals surface area contributed by atoms with Gasteiger partial charge in [0.25, 0.3) is 0 Å². The summed E-state index contributed by atoms with van der Waals surface area (Å²) >= 11 is 0. The molecule has 1 aliphatic heterocycles. The number of nitrogens with zero attached hydrogens (tertiary/aromatic N) is 1. The molecule has 4 atom stereocenters. The predicted molar refractivity (Wildman–Crippen MR) is 88.0 cm³/mol. The maximum absolute atomic E-state index is 3.61. The molecular weight excluding hydrogens is 244 g/mol. The number of hydrogen-bond donors (Lipinski definition) is 1. The molecule has 1 aliphatic carbocycles. The van der Waals surface area contributed by atoms with Gasteiger partial charge in [0.15, 0.2) is 0 Å². The summed E-state index contributed by atoms with van der Waals surface area (Å²) in [7, 11) is 2.17. The number of rotatable bonds is 4. The second-order valence-electron chi connectivity index (χ2n) is 7.52. The van der Waals surface area contributed by atoms with Gasteiger partial charge in [0.05, 0.1) is 0 Å². The van der Waals surface area contributed by atoms with E-state index in [0.29, 0.717) is 0 Å². The van der Waals surface area contributed by atoms with Gasteiger partial charge in [0.1, 0.15) is 0 Å². The van der Waals surface area contributed by atoms with Crippen molar-refractivity contribution < 1.29 is 0 Å². The van der Waals surface area contributed by atoms with Crippen molar-refractivity contribution in [2.45, 2.75) is 77.8 Å². The second-order valence-corrected chi connectivity index (χ2v) is 7.52. The average molecular weight is 280 g/mol. The first-order valence-electron chi connectivity index (χ1n) is 9.07. The van der Waals surface area contributed by atoms with Crippen molar-refractivity contribution in [3.63, 3.8) is 0 Å². The van der Waals surface area contributed by atoms with Gasteiger partial charge in [-0.2, -0.15) is 0 Å². The molecule has 2 fully saturated rings. The molecule has 4 unspecified atom stereocenters. The zero-order valence-electron chi connectivity index (χ0n) is 14.2. The van der Waals surface area contributed by atoms with Crippen LogP contribution in [-0.2, 0) is 0 Å². The zero-order valence-corrected chi connectivity index (χ0v) is 14.2. The zero-order chi connectivity index (χ0) is 14.5. The molecule has 0 amide bonds. The summed E-state index contributed by atoms with van der Waals surface area (Å²) in [6, 6.07) is 1.53. The molecule has 2 rings (SSSR count). The van der Waals surface area contributed by atoms with Crippen LogP contribution < -0.4 is 5.32 Å². The first-order chi connectivity index (χ1) is 9.65. The van der Waals surface area contributed by atoms with Gasteiger partial charge in [-0.3, -0.25) is 4.90 Å². The molecule has 2 aliphatic rings. The Bertz CT molecular complexity index is 277. The topological polar surface area (TPSA) is 15.3 Å². The van der Waals surface area contributed by atoms with Gasteiger partial charge in [0.2, 0.25) is 0 Å². The number of hydrogen-bond acceptors (Lipinski definition) is 2. The van der Waals surface area contributed by atoms with Crippen molar-refractivity contribution in [2.24, 2.45) is 17.8 Å². The summed E-state index contributed by atoms with van der Waals surface area (Å²) in [6.45, 7) is 9.86. The number of nitrogens with one attached hydrogen (secondary N) is 1. The van der Waals surface area contributed by atoms with Gasteiger partial charge in [-0.05, 0) is 76.4 Å². The Morgan fingerprint density at radius 3 is 2.55 bits per heavy atom. The number of likely N-dealkylation sites (tertiary alicyclic amines) is 1. The SMILES string of the molecule is CCC1CCC(NC)C(N2CCCC(C(C)C)CC2)C1. The fourth-order valence-corrected chi connectivity index (χ4v) is 4.49. The minimum absolute atomic E-state index is 0.730. The highest BCUT2D eigenvalue weighted by Crippen LogP contribution is 2.33. The van der Waals surface area contributed by atoms with Gasteiger partial charge in [-0.25, -0.2) is 0 Å². The fraction of sp³-hybridized carbons (Fsp3) is 1.00. The lowest BCUT2D eigenvalue weighted by Gasteiger charge is -2.42. The minimum Gasteiger partial charge on any atom is -0.315 e. The van der Waals surface area contributed by atoms with E-state index >= 15 is 0 Å². The summed E-state index contributed by atoms with van der Waals surface area (Å²) in [5, 5.41) is 3.61. The fourth-order valence-electron chi connectivity index (χ4n) is 4.49. The van der Waals surface area contributed by atoms with E-state index < -0.39 is 0 Å². The molecule has 0 radical (unpaired) electrons. The maximum atomic E-state index is 3.61. The Morgan fingerprint density at radius 1 is 1.10 bits per heavy atom. The summed E-state index contributed by atoms with van der Waals surface area (Å²) in [4.78, 5) is 2.84. The molecule has 0 bridgehead atoms. The van der Waals surface area contributed by atoms with E-state index in [1.807, 2.05) is 0 Å². The molecule has 1 N–H and O–H groups in total. The molecule has 20 heavy (non-hydrogen) atoms. The van der Waals surface area contributed by atoms with E-state index in [4.69, 9.17) is 0 Å². The molecule has 0 aromatic rings. The van der Waals surface area contributed by atoms with Crippen LogP contribution in [0.3, 0.4) is 0 Å². The van der Waals surface area contributed by atoms with Crippen LogP contribution in [0.5, 0.6) is 0 Å². The lowest BCUT2D eigenvalue weighted by molar-refractivity contribution is 0.0997. The van der Waals surface area contributed by atoms with Gasteiger partial charge in [-0.15, -0.1) is 0 Å². The van der Waals surface area contributed by atoms with Gasteiger partial charge in [-0.1, -0.05) is 27.2 Å². The molecular formula is C18H36N2. The van der Waals surface area contributed by atoms with E-state index in [1.165, 1.54) is 58.0 Å². The molecule has 1 heterocycles. The van der Waals surface area contributed by atoms with Gasteiger partial charge < -0.3 is 5.32 Å². The van der Waals surface area contributed by atoms with Crippen LogP contribution in [0, 0.1) is 17.8 Å². The minimum atomic E-state index is 0.730. The van der Waals surface area contributed by atoms with Gasteiger partial charge in [0, 0.05) is 12.1 Å². The molecule has 0 aromatic heterocycles. The summed E-state index contributed by atoms with van der Waals surface area (Å²) in [6.07, 6.45) is 9.88. The quantitative estimate of drug-likeness (QED) is 0.840. The highest BCUT2D eigenvalue weighted by Gasteiger charge is 2.34. The molecule has 1 saturated carbocycles. The van der Waals surface area contributed by atoms with Crippen LogP contribution in [0.15, 0.2) is 0 Å². The van der Waals surface area contributed by atoms with Crippen LogP contribution in [0.2, 0.25) is 0 Å². The smallest absolute Gasteiger partial charge is 0.0251 e. The summed E-state index contributed by atoms with van der Waals surface area (Å²) in [5.74, 6) is 2.79. The van der Waals surface area contributed by atoms with Crippen LogP contribution in [-0.4, -0.2) is 37.1 Å². The van der Waals surface area contributed by atoms with Gasteiger partial charge >= 0.3 is 0 Å². The highest BCUT2D eigenvalue weighted by molar-refractivity contribution is 4.91. The van der Waals surface area contributed by atoms with Crippen molar-refractivity contribution in [1.82, 2.24) is 10.2 Å². The molecule has 1 saturated heterocycles. The Hall–Kier alpha value is -0.0800. The first-order valence-corrected chi connectivity index (χ1v) is 9.07. The average Bonchev–Trinajstić information content (AvgIpc) is 2.72. The Morgan fingerprint density at radius 2 is 1.90 bits per heavy atom. The lowest BCUT2D eigenvalue weighted by atomic mass is 9.80.